The summed E-state index contributed by atoms with van der Waals surface area (Å²) in [6.45, 7) is 2.08. The van der Waals surface area contributed by atoms with Gasteiger partial charge in [0.2, 0.25) is 0 Å². The summed E-state index contributed by atoms with van der Waals surface area (Å²) in [7, 11) is 1.31. The largest absolute Gasteiger partial charge is 0.464 e. The number of allylic oxidation sites excluding steroid dienone is 1. The fourth-order valence-electron chi connectivity index (χ4n) is 1.12. The van der Waals surface area contributed by atoms with Crippen LogP contribution < -0.4 is 0 Å². The number of methoxy groups -OCH3 is 1. The number of hydrogen-bond donors (Lipinski definition) is 0. The van der Waals surface area contributed by atoms with Crippen LogP contribution in [0, 0.1) is 6.92 Å². The molecular formula is C9H10Cl2N2O2. The lowest BCUT2D eigenvalue weighted by Gasteiger charge is -2.07. The third kappa shape index (κ3) is 2.73. The molecule has 82 valence electrons. The van der Waals surface area contributed by atoms with Gasteiger partial charge in [-0.1, -0.05) is 23.2 Å². The molecule has 0 saturated heterocycles. The van der Waals surface area contributed by atoms with Gasteiger partial charge in [-0.2, -0.15) is 0 Å². The highest BCUT2D eigenvalue weighted by Crippen LogP contribution is 2.13. The number of halogens is 2. The van der Waals surface area contributed by atoms with Crippen molar-refractivity contribution in [2.75, 3.05) is 7.11 Å². The first kappa shape index (κ1) is 12.1. The lowest BCUT2D eigenvalue weighted by Crippen LogP contribution is -2.12. The average molecular weight is 249 g/mol. The van der Waals surface area contributed by atoms with E-state index in [0.717, 1.165) is 0 Å². The maximum absolute atomic E-state index is 11.3. The zero-order valence-corrected chi connectivity index (χ0v) is 9.84. The molecule has 0 aliphatic carbocycles. The van der Waals surface area contributed by atoms with Crippen LogP contribution in [0.15, 0.2) is 16.8 Å². The number of carbonyl (C=O) groups excluding carboxylic acids is 1. The van der Waals surface area contributed by atoms with Crippen LogP contribution in [0.2, 0.25) is 0 Å². The molecule has 0 bridgehead atoms. The quantitative estimate of drug-likeness (QED) is 0.772. The van der Waals surface area contributed by atoms with Crippen molar-refractivity contribution in [1.29, 1.82) is 0 Å². The second kappa shape index (κ2) is 5.19. The smallest absolute Gasteiger partial charge is 0.356 e. The van der Waals surface area contributed by atoms with E-state index in [4.69, 9.17) is 23.2 Å². The van der Waals surface area contributed by atoms with E-state index in [-0.39, 0.29) is 0 Å². The van der Waals surface area contributed by atoms with Crippen molar-refractivity contribution in [2.24, 2.45) is 0 Å². The number of rotatable bonds is 3. The molecule has 0 fully saturated rings. The van der Waals surface area contributed by atoms with E-state index < -0.39 is 5.97 Å². The standard InChI is InChI=1S/C9H10Cl2N2O2/c1-6-12-4-8(9(14)15-2)13(6)5-7(11)3-10/h3-4H,5H2,1-2H3. The SMILES string of the molecule is COC(=O)c1cnc(C)n1CC(Cl)=CCl. The van der Waals surface area contributed by atoms with Crippen LogP contribution in [-0.2, 0) is 11.3 Å². The zero-order valence-electron chi connectivity index (χ0n) is 8.33. The summed E-state index contributed by atoms with van der Waals surface area (Å²) in [5.41, 5.74) is 1.61. The van der Waals surface area contributed by atoms with Crippen LogP contribution in [0.4, 0.5) is 0 Å². The first-order valence-corrected chi connectivity index (χ1v) is 4.96. The van der Waals surface area contributed by atoms with Crippen molar-refractivity contribution in [3.63, 3.8) is 0 Å². The molecule has 4 nitrogen and oxygen atoms in total. The highest BCUT2D eigenvalue weighted by Gasteiger charge is 2.15. The fraction of sp³-hybridized carbons (Fsp3) is 0.333. The van der Waals surface area contributed by atoms with E-state index in [1.165, 1.54) is 18.8 Å². The number of ether oxygens (including phenoxy) is 1. The first-order chi connectivity index (χ1) is 7.10. The Morgan fingerprint density at radius 2 is 2.40 bits per heavy atom. The van der Waals surface area contributed by atoms with Crippen molar-refractivity contribution >= 4 is 29.2 Å². The monoisotopic (exact) mass is 248 g/mol. The molecule has 0 aromatic carbocycles. The average Bonchev–Trinajstić information content (AvgIpc) is 2.59. The molecular weight excluding hydrogens is 239 g/mol. The molecule has 0 atom stereocenters. The summed E-state index contributed by atoms with van der Waals surface area (Å²) < 4.78 is 6.24. The number of esters is 1. The van der Waals surface area contributed by atoms with E-state index in [0.29, 0.717) is 23.1 Å². The summed E-state index contributed by atoms with van der Waals surface area (Å²) in [6, 6.07) is 0. The minimum atomic E-state index is -0.449. The molecule has 0 aliphatic heterocycles. The molecule has 0 spiro atoms. The van der Waals surface area contributed by atoms with Gasteiger partial charge in [0.05, 0.1) is 19.9 Å². The molecule has 0 aliphatic rings. The van der Waals surface area contributed by atoms with Crippen LogP contribution in [0.1, 0.15) is 16.3 Å². The molecule has 1 heterocycles. The van der Waals surface area contributed by atoms with Crippen molar-refractivity contribution in [3.8, 4) is 0 Å². The normalized spacial score (nSPS) is 11.6. The Bertz CT molecular complexity index is 399. The topological polar surface area (TPSA) is 44.1 Å². The zero-order chi connectivity index (χ0) is 11.4. The predicted octanol–water partition coefficient (Wildman–Crippen LogP) is 2.30. The molecule has 6 heteroatoms. The van der Waals surface area contributed by atoms with Crippen LogP contribution in [-0.4, -0.2) is 22.6 Å². The number of nitrogens with zero attached hydrogens (tertiary/aromatic N) is 2. The van der Waals surface area contributed by atoms with Gasteiger partial charge in [0.1, 0.15) is 11.5 Å². The van der Waals surface area contributed by atoms with Gasteiger partial charge in [0, 0.05) is 10.6 Å². The van der Waals surface area contributed by atoms with Gasteiger partial charge >= 0.3 is 5.97 Å². The van der Waals surface area contributed by atoms with Crippen molar-refractivity contribution in [3.05, 3.63) is 28.3 Å². The number of aromatic nitrogens is 2. The summed E-state index contributed by atoms with van der Waals surface area (Å²) >= 11 is 11.2. The lowest BCUT2D eigenvalue weighted by molar-refractivity contribution is 0.0588. The first-order valence-electron chi connectivity index (χ1n) is 4.15. The Kier molecular flexibility index (Phi) is 4.17. The summed E-state index contributed by atoms with van der Waals surface area (Å²) in [6.07, 6.45) is 1.44. The number of imidazole rings is 1. The van der Waals surface area contributed by atoms with Crippen molar-refractivity contribution < 1.29 is 9.53 Å². The fourth-order valence-corrected chi connectivity index (χ4v) is 1.31. The minimum Gasteiger partial charge on any atom is -0.464 e. The number of hydrogen-bond acceptors (Lipinski definition) is 3. The second-order valence-electron chi connectivity index (χ2n) is 2.82. The lowest BCUT2D eigenvalue weighted by atomic mass is 10.4. The van der Waals surface area contributed by atoms with Gasteiger partial charge < -0.3 is 9.30 Å². The van der Waals surface area contributed by atoms with E-state index in [1.807, 2.05) is 0 Å². The molecule has 0 unspecified atom stereocenters. The molecule has 0 saturated carbocycles. The second-order valence-corrected chi connectivity index (χ2v) is 3.53. The Hall–Kier alpha value is -1.00. The maximum atomic E-state index is 11.3. The Morgan fingerprint density at radius 3 is 2.93 bits per heavy atom. The van der Waals surface area contributed by atoms with E-state index in [1.54, 1.807) is 11.5 Å². The van der Waals surface area contributed by atoms with Gasteiger partial charge in [0.25, 0.3) is 0 Å². The molecule has 1 aromatic heterocycles. The number of aryl methyl sites for hydroxylation is 1. The Balaban J connectivity index is 3.04. The van der Waals surface area contributed by atoms with Gasteiger partial charge in [-0.05, 0) is 6.92 Å². The molecule has 0 amide bonds. The van der Waals surface area contributed by atoms with Crippen molar-refractivity contribution in [2.45, 2.75) is 13.5 Å². The minimum absolute atomic E-state index is 0.307. The summed E-state index contributed by atoms with van der Waals surface area (Å²) in [4.78, 5) is 15.3. The van der Waals surface area contributed by atoms with Crippen LogP contribution in [0.3, 0.4) is 0 Å². The van der Waals surface area contributed by atoms with E-state index in [2.05, 4.69) is 9.72 Å². The number of carbonyl (C=O) groups is 1. The van der Waals surface area contributed by atoms with Gasteiger partial charge in [-0.15, -0.1) is 0 Å². The Labute approximate surface area is 97.5 Å². The summed E-state index contributed by atoms with van der Waals surface area (Å²) in [5.74, 6) is 0.224. The highest BCUT2D eigenvalue weighted by molar-refractivity contribution is 6.36. The third-order valence-electron chi connectivity index (χ3n) is 1.88. The Morgan fingerprint density at radius 1 is 1.73 bits per heavy atom. The van der Waals surface area contributed by atoms with Crippen LogP contribution >= 0.6 is 23.2 Å². The van der Waals surface area contributed by atoms with E-state index >= 15 is 0 Å². The van der Waals surface area contributed by atoms with Crippen LogP contribution in [0.25, 0.3) is 0 Å². The molecule has 0 N–H and O–H groups in total. The summed E-state index contributed by atoms with van der Waals surface area (Å²) in [5, 5.41) is 0.419. The highest BCUT2D eigenvalue weighted by atomic mass is 35.5. The molecule has 0 radical (unpaired) electrons. The van der Waals surface area contributed by atoms with Gasteiger partial charge in [-0.3, -0.25) is 0 Å². The van der Waals surface area contributed by atoms with Gasteiger partial charge in [-0.25, -0.2) is 9.78 Å². The third-order valence-corrected chi connectivity index (χ3v) is 2.48. The predicted molar refractivity (Wildman–Crippen MR) is 58.1 cm³/mol. The van der Waals surface area contributed by atoms with Crippen molar-refractivity contribution in [1.82, 2.24) is 9.55 Å². The maximum Gasteiger partial charge on any atom is 0.356 e. The molecule has 1 rings (SSSR count). The van der Waals surface area contributed by atoms with Crippen LogP contribution in [0.5, 0.6) is 0 Å². The molecule has 15 heavy (non-hydrogen) atoms. The molecule has 1 aromatic rings. The van der Waals surface area contributed by atoms with E-state index in [9.17, 15) is 4.79 Å². The van der Waals surface area contributed by atoms with Gasteiger partial charge in [0.15, 0.2) is 0 Å².